The lowest BCUT2D eigenvalue weighted by molar-refractivity contribution is 0.203. The molecule has 0 aromatic heterocycles. The minimum absolute atomic E-state index is 0.338. The van der Waals surface area contributed by atoms with Crippen molar-refractivity contribution in [3.8, 4) is 17.2 Å². The first-order chi connectivity index (χ1) is 12.2. The molecule has 1 heterocycles. The van der Waals surface area contributed by atoms with Gasteiger partial charge < -0.3 is 14.4 Å². The number of hydrogen-bond acceptors (Lipinski definition) is 3. The van der Waals surface area contributed by atoms with Crippen molar-refractivity contribution in [3.05, 3.63) is 53.3 Å². The maximum atomic E-state index is 13.6. The van der Waals surface area contributed by atoms with Crippen molar-refractivity contribution in [1.82, 2.24) is 4.90 Å². The van der Waals surface area contributed by atoms with Gasteiger partial charge in [0.1, 0.15) is 11.6 Å². The highest BCUT2D eigenvalue weighted by Gasteiger charge is 2.11. The molecule has 0 N–H and O–H groups in total. The first-order valence-corrected chi connectivity index (χ1v) is 9.17. The van der Waals surface area contributed by atoms with Crippen LogP contribution in [-0.4, -0.2) is 31.1 Å². The third-order valence-electron chi connectivity index (χ3n) is 4.27. The van der Waals surface area contributed by atoms with E-state index in [0.29, 0.717) is 28.9 Å². The summed E-state index contributed by atoms with van der Waals surface area (Å²) < 4.78 is 25.2. The predicted molar refractivity (Wildman–Crippen MR) is 98.3 cm³/mol. The number of halogens is 2. The molecule has 3 nitrogen and oxygen atoms in total. The molecule has 25 heavy (non-hydrogen) atoms. The lowest BCUT2D eigenvalue weighted by Gasteiger charge is -2.26. The lowest BCUT2D eigenvalue weighted by atomic mass is 10.1. The Balaban J connectivity index is 1.56. The molecule has 0 amide bonds. The largest absolute Gasteiger partial charge is 0.490 e. The molecular formula is C20H23ClFNO2. The fourth-order valence-electron chi connectivity index (χ4n) is 2.96. The highest BCUT2D eigenvalue weighted by molar-refractivity contribution is 6.30. The van der Waals surface area contributed by atoms with Crippen LogP contribution in [-0.2, 0) is 0 Å². The molecular weight excluding hydrogens is 341 g/mol. The van der Waals surface area contributed by atoms with Crippen LogP contribution in [0.3, 0.4) is 0 Å². The highest BCUT2D eigenvalue weighted by Crippen LogP contribution is 2.32. The van der Waals surface area contributed by atoms with Gasteiger partial charge in [-0.25, -0.2) is 4.39 Å². The zero-order valence-corrected chi connectivity index (χ0v) is 15.0. The van der Waals surface area contributed by atoms with Crippen molar-refractivity contribution < 1.29 is 13.9 Å². The summed E-state index contributed by atoms with van der Waals surface area (Å²) in [5, 5.41) is 0.639. The molecule has 3 rings (SSSR count). The van der Waals surface area contributed by atoms with Crippen LogP contribution >= 0.6 is 11.6 Å². The Bertz CT molecular complexity index is 672. The van der Waals surface area contributed by atoms with E-state index in [2.05, 4.69) is 4.90 Å². The van der Waals surface area contributed by atoms with E-state index >= 15 is 0 Å². The molecule has 2 aromatic rings. The maximum absolute atomic E-state index is 13.6. The van der Waals surface area contributed by atoms with Gasteiger partial charge in [0.15, 0.2) is 11.5 Å². The topological polar surface area (TPSA) is 21.7 Å². The van der Waals surface area contributed by atoms with Crippen LogP contribution in [0.15, 0.2) is 42.5 Å². The van der Waals surface area contributed by atoms with Crippen molar-refractivity contribution in [2.75, 3.05) is 26.2 Å². The van der Waals surface area contributed by atoms with Gasteiger partial charge in [0.05, 0.1) is 6.61 Å². The molecule has 2 aromatic carbocycles. The molecule has 1 aliphatic heterocycles. The summed E-state index contributed by atoms with van der Waals surface area (Å²) >= 11 is 5.88. The number of hydrogen-bond donors (Lipinski definition) is 0. The summed E-state index contributed by atoms with van der Waals surface area (Å²) in [4.78, 5) is 2.46. The Hall–Kier alpha value is -1.78. The summed E-state index contributed by atoms with van der Waals surface area (Å²) in [6, 6.07) is 11.4. The van der Waals surface area contributed by atoms with Gasteiger partial charge in [-0.2, -0.15) is 0 Å². The quantitative estimate of drug-likeness (QED) is 0.604. The van der Waals surface area contributed by atoms with E-state index in [-0.39, 0.29) is 5.82 Å². The van der Waals surface area contributed by atoms with Crippen molar-refractivity contribution in [1.29, 1.82) is 0 Å². The van der Waals surface area contributed by atoms with Crippen LogP contribution < -0.4 is 9.47 Å². The highest BCUT2D eigenvalue weighted by atomic mass is 35.5. The molecule has 1 saturated heterocycles. The molecule has 0 aliphatic carbocycles. The van der Waals surface area contributed by atoms with Gasteiger partial charge in [0.2, 0.25) is 0 Å². The Labute approximate surface area is 153 Å². The van der Waals surface area contributed by atoms with Crippen molar-refractivity contribution in [3.63, 3.8) is 0 Å². The number of ether oxygens (including phenoxy) is 2. The zero-order valence-electron chi connectivity index (χ0n) is 14.2. The molecule has 5 heteroatoms. The van der Waals surface area contributed by atoms with Gasteiger partial charge in [-0.3, -0.25) is 0 Å². The second-order valence-electron chi connectivity index (χ2n) is 6.25. The average Bonchev–Trinajstić information content (AvgIpc) is 2.63. The van der Waals surface area contributed by atoms with Crippen LogP contribution in [0, 0.1) is 5.82 Å². The standard InChI is InChI=1S/C20H23ClFNO2/c21-16-5-8-18(9-6-16)25-19-10-7-17(22)15-20(19)24-14-4-13-23-11-2-1-3-12-23/h5-10,15H,1-4,11-14H2. The van der Waals surface area contributed by atoms with Crippen molar-refractivity contribution >= 4 is 11.6 Å². The Morgan fingerprint density at radius 3 is 2.48 bits per heavy atom. The summed E-state index contributed by atoms with van der Waals surface area (Å²) in [7, 11) is 0. The van der Waals surface area contributed by atoms with Crippen molar-refractivity contribution in [2.45, 2.75) is 25.7 Å². The number of rotatable bonds is 7. The lowest BCUT2D eigenvalue weighted by Crippen LogP contribution is -2.31. The number of piperidine rings is 1. The molecule has 1 fully saturated rings. The second-order valence-corrected chi connectivity index (χ2v) is 6.69. The van der Waals surface area contributed by atoms with Gasteiger partial charge >= 0.3 is 0 Å². The van der Waals surface area contributed by atoms with E-state index in [4.69, 9.17) is 21.1 Å². The first-order valence-electron chi connectivity index (χ1n) is 8.79. The Morgan fingerprint density at radius 1 is 0.960 bits per heavy atom. The van der Waals surface area contributed by atoms with Gasteiger partial charge in [-0.1, -0.05) is 18.0 Å². The van der Waals surface area contributed by atoms with E-state index in [1.54, 1.807) is 30.3 Å². The number of benzene rings is 2. The second kappa shape index (κ2) is 9.07. The average molecular weight is 364 g/mol. The van der Waals surface area contributed by atoms with Crippen LogP contribution in [0.25, 0.3) is 0 Å². The summed E-state index contributed by atoms with van der Waals surface area (Å²) in [5.74, 6) is 1.22. The molecule has 0 unspecified atom stereocenters. The van der Waals surface area contributed by atoms with E-state index in [0.717, 1.165) is 13.0 Å². The molecule has 0 bridgehead atoms. The molecule has 0 saturated carbocycles. The van der Waals surface area contributed by atoms with Crippen LogP contribution in [0.1, 0.15) is 25.7 Å². The molecule has 1 aliphatic rings. The summed E-state index contributed by atoms with van der Waals surface area (Å²) in [6.45, 7) is 3.90. The molecule has 0 spiro atoms. The number of nitrogens with zero attached hydrogens (tertiary/aromatic N) is 1. The van der Waals surface area contributed by atoms with Gasteiger partial charge in [-0.15, -0.1) is 0 Å². The Kier molecular flexibility index (Phi) is 6.54. The first kappa shape index (κ1) is 18.0. The van der Waals surface area contributed by atoms with E-state index in [1.165, 1.54) is 44.5 Å². The van der Waals surface area contributed by atoms with E-state index in [9.17, 15) is 4.39 Å². The van der Waals surface area contributed by atoms with E-state index in [1.807, 2.05) is 0 Å². The van der Waals surface area contributed by atoms with Crippen LogP contribution in [0.5, 0.6) is 17.2 Å². The van der Waals surface area contributed by atoms with Crippen LogP contribution in [0.2, 0.25) is 5.02 Å². The summed E-state index contributed by atoms with van der Waals surface area (Å²) in [6.07, 6.45) is 4.81. The fraction of sp³-hybridized carbons (Fsp3) is 0.400. The molecule has 0 atom stereocenters. The normalized spacial score (nSPS) is 15.1. The Morgan fingerprint density at radius 2 is 1.72 bits per heavy atom. The summed E-state index contributed by atoms with van der Waals surface area (Å²) in [5.41, 5.74) is 0. The maximum Gasteiger partial charge on any atom is 0.169 e. The van der Waals surface area contributed by atoms with Gasteiger partial charge in [0, 0.05) is 17.6 Å². The minimum atomic E-state index is -0.338. The third kappa shape index (κ3) is 5.62. The third-order valence-corrected chi connectivity index (χ3v) is 4.52. The minimum Gasteiger partial charge on any atom is -0.490 e. The monoisotopic (exact) mass is 363 g/mol. The predicted octanol–water partition coefficient (Wildman–Crippen LogP) is 5.53. The molecule has 134 valence electrons. The fourth-order valence-corrected chi connectivity index (χ4v) is 3.09. The van der Waals surface area contributed by atoms with Crippen molar-refractivity contribution in [2.24, 2.45) is 0 Å². The molecule has 0 radical (unpaired) electrons. The number of likely N-dealkylation sites (tertiary alicyclic amines) is 1. The van der Waals surface area contributed by atoms with Gasteiger partial charge in [-0.05, 0) is 68.8 Å². The van der Waals surface area contributed by atoms with Crippen LogP contribution in [0.4, 0.5) is 4.39 Å². The van der Waals surface area contributed by atoms with Gasteiger partial charge in [0.25, 0.3) is 0 Å². The smallest absolute Gasteiger partial charge is 0.169 e. The van der Waals surface area contributed by atoms with E-state index < -0.39 is 0 Å². The SMILES string of the molecule is Fc1ccc(Oc2ccc(Cl)cc2)c(OCCCN2CCCCC2)c1. The zero-order chi connectivity index (χ0) is 17.5.